The zero-order chi connectivity index (χ0) is 34.9. The molecule has 0 aliphatic heterocycles. The van der Waals surface area contributed by atoms with E-state index >= 15 is 0 Å². The maximum absolute atomic E-state index is 6.29. The number of nitrogens with zero attached hydrogens (tertiary/aromatic N) is 2. The van der Waals surface area contributed by atoms with Crippen LogP contribution in [-0.4, -0.2) is 4.57 Å². The number of aromatic nitrogens is 1. The van der Waals surface area contributed by atoms with Gasteiger partial charge in [0, 0.05) is 50.4 Å². The highest BCUT2D eigenvalue weighted by Gasteiger charge is 2.17. The van der Waals surface area contributed by atoms with E-state index in [1.807, 2.05) is 12.1 Å². The van der Waals surface area contributed by atoms with Crippen molar-refractivity contribution < 1.29 is 4.42 Å². The molecule has 0 atom stereocenters. The molecule has 0 bridgehead atoms. The largest absolute Gasteiger partial charge is 0.456 e. The van der Waals surface area contributed by atoms with Gasteiger partial charge in [0.05, 0.1) is 11.0 Å². The van der Waals surface area contributed by atoms with E-state index in [0.29, 0.717) is 0 Å². The molecule has 0 amide bonds. The van der Waals surface area contributed by atoms with E-state index in [-0.39, 0.29) is 0 Å². The van der Waals surface area contributed by atoms with E-state index in [1.54, 1.807) is 0 Å². The lowest BCUT2D eigenvalue weighted by molar-refractivity contribution is 0.669. The highest BCUT2D eigenvalue weighted by Crippen LogP contribution is 2.41. The van der Waals surface area contributed by atoms with Gasteiger partial charge in [0.2, 0.25) is 0 Å². The van der Waals surface area contributed by atoms with Crippen LogP contribution in [-0.2, 0) is 0 Å². The Hall–Kier alpha value is -7.10. The van der Waals surface area contributed by atoms with E-state index < -0.39 is 0 Å². The Kier molecular flexibility index (Phi) is 6.55. The van der Waals surface area contributed by atoms with Gasteiger partial charge in [-0.1, -0.05) is 109 Å². The zero-order valence-corrected chi connectivity index (χ0v) is 28.8. The molecule has 0 unspecified atom stereocenters. The molecule has 0 saturated carbocycles. The van der Waals surface area contributed by atoms with Crippen molar-refractivity contribution in [2.24, 2.45) is 0 Å². The molecule has 2 heterocycles. The minimum Gasteiger partial charge on any atom is -0.456 e. The Balaban J connectivity index is 0.997. The first kappa shape index (κ1) is 29.6. The van der Waals surface area contributed by atoms with Crippen molar-refractivity contribution in [3.63, 3.8) is 0 Å². The second kappa shape index (κ2) is 11.7. The first-order chi connectivity index (χ1) is 26.3. The van der Waals surface area contributed by atoms with Gasteiger partial charge in [-0.2, -0.15) is 0 Å². The summed E-state index contributed by atoms with van der Waals surface area (Å²) in [4.78, 5) is 2.29. The first-order valence-corrected chi connectivity index (χ1v) is 18.1. The number of para-hydroxylation sites is 4. The van der Waals surface area contributed by atoms with Gasteiger partial charge in [0.25, 0.3) is 0 Å². The summed E-state index contributed by atoms with van der Waals surface area (Å²) in [5.41, 5.74) is 11.0. The lowest BCUT2D eigenvalue weighted by Crippen LogP contribution is -2.09. The smallest absolute Gasteiger partial charge is 0.137 e. The van der Waals surface area contributed by atoms with E-state index in [1.165, 1.54) is 60.2 Å². The number of hydrogen-bond donors (Lipinski definition) is 0. The van der Waals surface area contributed by atoms with Crippen LogP contribution in [0.1, 0.15) is 0 Å². The minimum absolute atomic E-state index is 0.882. The summed E-state index contributed by atoms with van der Waals surface area (Å²) in [6.45, 7) is 0. The molecule has 11 aromatic rings. The van der Waals surface area contributed by atoms with Crippen molar-refractivity contribution in [1.29, 1.82) is 0 Å². The third-order valence-corrected chi connectivity index (χ3v) is 10.7. The molecule has 0 spiro atoms. The summed E-state index contributed by atoms with van der Waals surface area (Å²) in [5, 5.41) is 9.80. The van der Waals surface area contributed by atoms with E-state index in [4.69, 9.17) is 4.42 Å². The Morgan fingerprint density at radius 2 is 0.962 bits per heavy atom. The summed E-state index contributed by atoms with van der Waals surface area (Å²) in [7, 11) is 0. The van der Waals surface area contributed by atoms with Crippen LogP contribution in [0.4, 0.5) is 17.1 Å². The van der Waals surface area contributed by atoms with Crippen molar-refractivity contribution in [3.8, 4) is 16.8 Å². The molecule has 9 aromatic carbocycles. The molecule has 2 aromatic heterocycles. The van der Waals surface area contributed by atoms with Gasteiger partial charge < -0.3 is 13.9 Å². The molecular formula is C50H32N2O. The van der Waals surface area contributed by atoms with Gasteiger partial charge in [0.1, 0.15) is 11.2 Å². The van der Waals surface area contributed by atoms with Gasteiger partial charge >= 0.3 is 0 Å². The van der Waals surface area contributed by atoms with E-state index in [0.717, 1.165) is 39.0 Å². The van der Waals surface area contributed by atoms with Crippen LogP contribution in [0.3, 0.4) is 0 Å². The Morgan fingerprint density at radius 3 is 1.79 bits per heavy atom. The molecule has 0 N–H and O–H groups in total. The van der Waals surface area contributed by atoms with Gasteiger partial charge in [-0.25, -0.2) is 0 Å². The van der Waals surface area contributed by atoms with Gasteiger partial charge in [-0.05, 0) is 112 Å². The third-order valence-electron chi connectivity index (χ3n) is 10.7. The van der Waals surface area contributed by atoms with Gasteiger partial charge in [0.15, 0.2) is 0 Å². The molecular weight excluding hydrogens is 645 g/mol. The monoisotopic (exact) mass is 676 g/mol. The number of anilines is 3. The Morgan fingerprint density at radius 1 is 0.340 bits per heavy atom. The van der Waals surface area contributed by atoms with Crippen LogP contribution < -0.4 is 4.90 Å². The summed E-state index contributed by atoms with van der Waals surface area (Å²) >= 11 is 0. The first-order valence-electron chi connectivity index (χ1n) is 18.1. The van der Waals surface area contributed by atoms with Crippen molar-refractivity contribution >= 4 is 82.4 Å². The normalized spacial score (nSPS) is 11.8. The average molecular weight is 677 g/mol. The van der Waals surface area contributed by atoms with Crippen molar-refractivity contribution in [1.82, 2.24) is 4.57 Å². The molecule has 248 valence electrons. The van der Waals surface area contributed by atoms with Crippen LogP contribution in [0.2, 0.25) is 0 Å². The standard InChI is InChI=1S/C50H32N2O/c1-3-11-37(12-4-1)51(40-26-28-44-43-16-8-10-18-49(43)53-50(44)31-40)39-24-21-33(22-25-39)34-23-27-41-35(29-34)19-20-36-30-46-42-15-7-9-17-47(42)52(48(46)32-45(36)41)38-13-5-2-6-14-38/h1-32H. The van der Waals surface area contributed by atoms with Crippen LogP contribution in [0.5, 0.6) is 0 Å². The molecule has 0 fully saturated rings. The Labute approximate surface area is 306 Å². The summed E-state index contributed by atoms with van der Waals surface area (Å²) in [5.74, 6) is 0. The second-order valence-corrected chi connectivity index (χ2v) is 13.8. The number of furan rings is 1. The fourth-order valence-electron chi connectivity index (χ4n) is 8.24. The summed E-state index contributed by atoms with van der Waals surface area (Å²) in [6.07, 6.45) is 0. The highest BCUT2D eigenvalue weighted by atomic mass is 16.3. The number of fused-ring (bicyclic) bond motifs is 9. The fourth-order valence-corrected chi connectivity index (χ4v) is 8.24. The minimum atomic E-state index is 0.882. The van der Waals surface area contributed by atoms with Gasteiger partial charge in [-0.15, -0.1) is 0 Å². The number of hydrogen-bond acceptors (Lipinski definition) is 2. The molecule has 0 aliphatic rings. The van der Waals surface area contributed by atoms with Crippen molar-refractivity contribution in [2.45, 2.75) is 0 Å². The lowest BCUT2D eigenvalue weighted by atomic mass is 9.96. The van der Waals surface area contributed by atoms with Crippen molar-refractivity contribution in [3.05, 3.63) is 194 Å². The predicted molar refractivity (Wildman–Crippen MR) is 223 cm³/mol. The van der Waals surface area contributed by atoms with Crippen molar-refractivity contribution in [2.75, 3.05) is 4.90 Å². The predicted octanol–water partition coefficient (Wildman–Crippen LogP) is 14.1. The topological polar surface area (TPSA) is 21.3 Å². The molecule has 3 nitrogen and oxygen atoms in total. The van der Waals surface area contributed by atoms with Gasteiger partial charge in [-0.3, -0.25) is 0 Å². The van der Waals surface area contributed by atoms with Crippen LogP contribution >= 0.6 is 0 Å². The third kappa shape index (κ3) is 4.75. The zero-order valence-electron chi connectivity index (χ0n) is 28.8. The lowest BCUT2D eigenvalue weighted by Gasteiger charge is -2.25. The molecule has 0 radical (unpaired) electrons. The maximum Gasteiger partial charge on any atom is 0.137 e. The molecule has 0 saturated heterocycles. The maximum atomic E-state index is 6.29. The summed E-state index contributed by atoms with van der Waals surface area (Å²) in [6, 6.07) is 69.7. The molecule has 53 heavy (non-hydrogen) atoms. The average Bonchev–Trinajstić information content (AvgIpc) is 3.76. The van der Waals surface area contributed by atoms with E-state index in [9.17, 15) is 0 Å². The molecule has 11 rings (SSSR count). The second-order valence-electron chi connectivity index (χ2n) is 13.8. The number of benzene rings is 9. The SMILES string of the molecule is c1ccc(N(c2ccc(-c3ccc4c(ccc5cc6c7ccccc7n(-c7ccccc7)c6cc54)c3)cc2)c2ccc3c(c2)oc2ccccc23)cc1. The fraction of sp³-hybridized carbons (Fsp3) is 0. The van der Waals surface area contributed by atoms with Crippen LogP contribution in [0.15, 0.2) is 199 Å². The molecule has 0 aliphatic carbocycles. The quantitative estimate of drug-likeness (QED) is 0.169. The van der Waals surface area contributed by atoms with Crippen LogP contribution in [0.25, 0.3) is 82.1 Å². The van der Waals surface area contributed by atoms with E-state index in [2.05, 4.69) is 191 Å². The number of rotatable bonds is 5. The Bertz CT molecular complexity index is 3160. The summed E-state index contributed by atoms with van der Waals surface area (Å²) < 4.78 is 8.68. The molecule has 3 heteroatoms. The highest BCUT2D eigenvalue weighted by molar-refractivity contribution is 6.18. The van der Waals surface area contributed by atoms with Crippen LogP contribution in [0, 0.1) is 0 Å².